The lowest BCUT2D eigenvalue weighted by atomic mass is 9.95. The Morgan fingerprint density at radius 3 is 2.44 bits per heavy atom. The molecule has 10 nitrogen and oxygen atoms in total. The number of carbonyl (C=O) groups is 1. The Labute approximate surface area is 247 Å². The van der Waals surface area contributed by atoms with Crippen molar-refractivity contribution in [3.63, 3.8) is 0 Å². The fraction of sp³-hybridized carbons (Fsp3) is 0.448. The van der Waals surface area contributed by atoms with E-state index in [0.29, 0.717) is 12.5 Å². The number of alkyl halides is 3. The van der Waals surface area contributed by atoms with Crippen LogP contribution >= 0.6 is 0 Å². The first-order chi connectivity index (χ1) is 20.2. The van der Waals surface area contributed by atoms with Crippen LogP contribution in [0.25, 0.3) is 5.82 Å². The smallest absolute Gasteiger partial charge is 0.397 e. The van der Waals surface area contributed by atoms with Gasteiger partial charge in [0.1, 0.15) is 17.8 Å². The Morgan fingerprint density at radius 1 is 1.16 bits per heavy atom. The Kier molecular flexibility index (Phi) is 7.66. The van der Waals surface area contributed by atoms with Crippen molar-refractivity contribution in [1.82, 2.24) is 19.5 Å². The lowest BCUT2D eigenvalue weighted by Crippen LogP contribution is -2.41. The van der Waals surface area contributed by atoms with Gasteiger partial charge in [-0.05, 0) is 75.4 Å². The average molecular weight is 617 g/mol. The third-order valence-corrected chi connectivity index (χ3v) is 9.52. The van der Waals surface area contributed by atoms with Gasteiger partial charge in [0.15, 0.2) is 5.82 Å². The Morgan fingerprint density at radius 2 is 1.86 bits per heavy atom. The van der Waals surface area contributed by atoms with E-state index >= 15 is 0 Å². The predicted molar refractivity (Wildman–Crippen MR) is 150 cm³/mol. The molecule has 1 saturated heterocycles. The molecule has 1 saturated carbocycles. The van der Waals surface area contributed by atoms with Crippen LogP contribution in [-0.4, -0.2) is 54.0 Å². The first kappa shape index (κ1) is 30.3. The molecule has 14 heteroatoms. The van der Waals surface area contributed by atoms with E-state index in [9.17, 15) is 26.4 Å². The molecule has 2 aromatic heterocycles. The molecule has 5 rings (SSSR count). The van der Waals surface area contributed by atoms with Gasteiger partial charge < -0.3 is 9.64 Å². The molecule has 0 bridgehead atoms. The lowest BCUT2D eigenvalue weighted by Gasteiger charge is -2.34. The van der Waals surface area contributed by atoms with E-state index in [2.05, 4.69) is 16.7 Å². The number of nitrogens with zero attached hydrogens (tertiary/aromatic N) is 5. The van der Waals surface area contributed by atoms with Crippen LogP contribution in [-0.2, 0) is 10.0 Å². The standard InChI is InChI=1S/C29H31F3N6O4S/c1-4-19-15-27(2,3)37(17-19)25-22(26(39)36-43(40,41)21-7-5-20(16-33)6-8-21)9-10-23(34-25)38-14-11-24(35-38)42-18-28(12-13-28)29(30,31)32/h5-11,14,19H,4,12-13,15,17-18H2,1-3H3,(H,36,39)/t19-/m0/s1. The first-order valence-electron chi connectivity index (χ1n) is 13.8. The minimum absolute atomic E-state index is 0.00162. The van der Waals surface area contributed by atoms with Crippen LogP contribution in [0.15, 0.2) is 53.6 Å². The number of pyridine rings is 1. The zero-order valence-electron chi connectivity index (χ0n) is 23.8. The van der Waals surface area contributed by atoms with Crippen LogP contribution in [0.5, 0.6) is 5.88 Å². The summed E-state index contributed by atoms with van der Waals surface area (Å²) in [7, 11) is -4.27. The maximum Gasteiger partial charge on any atom is 0.397 e. The molecule has 1 aromatic carbocycles. The molecular formula is C29H31F3N6O4S. The van der Waals surface area contributed by atoms with E-state index in [1.165, 1.54) is 53.3 Å². The molecule has 0 unspecified atom stereocenters. The number of benzene rings is 1. The Balaban J connectivity index is 1.45. The summed E-state index contributed by atoms with van der Waals surface area (Å²) in [6.45, 7) is 6.15. The Hall–Kier alpha value is -4.12. The van der Waals surface area contributed by atoms with Crippen LogP contribution in [0.3, 0.4) is 0 Å². The van der Waals surface area contributed by atoms with Gasteiger partial charge in [0.2, 0.25) is 5.88 Å². The maximum atomic E-state index is 13.5. The van der Waals surface area contributed by atoms with Gasteiger partial charge in [0.25, 0.3) is 15.9 Å². The van der Waals surface area contributed by atoms with Gasteiger partial charge in [-0.3, -0.25) is 4.79 Å². The molecule has 43 heavy (non-hydrogen) atoms. The second-order valence-corrected chi connectivity index (χ2v) is 13.4. The monoisotopic (exact) mass is 616 g/mol. The SMILES string of the molecule is CC[C@@H]1CN(c2nc(-n3ccc(OCC4(C(F)(F)F)CC4)n3)ccc2C(=O)NS(=O)(=O)c2ccc(C#N)cc2)C(C)(C)C1. The highest BCUT2D eigenvalue weighted by atomic mass is 32.2. The highest BCUT2D eigenvalue weighted by molar-refractivity contribution is 7.90. The molecule has 2 aliphatic rings. The first-order valence-corrected chi connectivity index (χ1v) is 15.3. The fourth-order valence-electron chi connectivity index (χ4n) is 5.31. The predicted octanol–water partition coefficient (Wildman–Crippen LogP) is 4.99. The van der Waals surface area contributed by atoms with Crippen LogP contribution in [0.2, 0.25) is 0 Å². The largest absolute Gasteiger partial charge is 0.476 e. The van der Waals surface area contributed by atoms with Gasteiger partial charge in [0, 0.05) is 24.3 Å². The summed E-state index contributed by atoms with van der Waals surface area (Å²) in [5.41, 5.74) is -1.96. The second kappa shape index (κ2) is 10.9. The number of rotatable bonds is 9. The van der Waals surface area contributed by atoms with E-state index in [1.807, 2.05) is 24.8 Å². The number of ether oxygens (including phenoxy) is 1. The minimum atomic E-state index is -4.35. The van der Waals surface area contributed by atoms with Crippen LogP contribution in [0.4, 0.5) is 19.0 Å². The van der Waals surface area contributed by atoms with Crippen molar-refractivity contribution in [3.8, 4) is 17.8 Å². The van der Waals surface area contributed by atoms with Crippen molar-refractivity contribution in [3.05, 3.63) is 59.8 Å². The van der Waals surface area contributed by atoms with E-state index < -0.39 is 39.7 Å². The number of hydrogen-bond acceptors (Lipinski definition) is 8. The number of aromatic nitrogens is 3. The average Bonchev–Trinajstić information content (AvgIpc) is 3.51. The lowest BCUT2D eigenvalue weighted by molar-refractivity contribution is -0.194. The van der Waals surface area contributed by atoms with E-state index in [-0.39, 0.29) is 46.4 Å². The third-order valence-electron chi connectivity index (χ3n) is 8.17. The van der Waals surface area contributed by atoms with E-state index in [1.54, 1.807) is 0 Å². The molecule has 1 N–H and O–H groups in total. The molecule has 3 heterocycles. The third kappa shape index (κ3) is 6.04. The summed E-state index contributed by atoms with van der Waals surface area (Å²) < 4.78 is 74.8. The van der Waals surface area contributed by atoms with Crippen molar-refractivity contribution in [2.24, 2.45) is 11.3 Å². The highest BCUT2D eigenvalue weighted by Crippen LogP contribution is 2.57. The molecule has 0 radical (unpaired) electrons. The van der Waals surface area contributed by atoms with Crippen LogP contribution in [0.1, 0.15) is 62.4 Å². The molecule has 3 aromatic rings. The topological polar surface area (TPSA) is 130 Å². The molecule has 228 valence electrons. The zero-order chi connectivity index (χ0) is 31.2. The van der Waals surface area contributed by atoms with Crippen molar-refractivity contribution in [2.75, 3.05) is 18.1 Å². The van der Waals surface area contributed by atoms with Gasteiger partial charge in [-0.15, -0.1) is 5.10 Å². The van der Waals surface area contributed by atoms with E-state index in [4.69, 9.17) is 15.0 Å². The number of carbonyl (C=O) groups excluding carboxylic acids is 1. The van der Waals surface area contributed by atoms with Gasteiger partial charge in [-0.1, -0.05) is 13.3 Å². The molecule has 0 spiro atoms. The molecule has 1 aliphatic heterocycles. The number of amides is 1. The summed E-state index contributed by atoms with van der Waals surface area (Å²) in [4.78, 5) is 20.0. The van der Waals surface area contributed by atoms with Crippen LogP contribution in [0, 0.1) is 22.7 Å². The molecule has 1 amide bonds. The second-order valence-electron chi connectivity index (χ2n) is 11.7. The van der Waals surface area contributed by atoms with Crippen molar-refractivity contribution < 1.29 is 31.1 Å². The highest BCUT2D eigenvalue weighted by Gasteiger charge is 2.64. The fourth-order valence-corrected chi connectivity index (χ4v) is 6.28. The zero-order valence-corrected chi connectivity index (χ0v) is 24.7. The van der Waals surface area contributed by atoms with Crippen molar-refractivity contribution in [2.45, 2.75) is 63.1 Å². The van der Waals surface area contributed by atoms with Crippen molar-refractivity contribution >= 4 is 21.7 Å². The number of nitriles is 1. The van der Waals surface area contributed by atoms with Gasteiger partial charge in [0.05, 0.1) is 22.1 Å². The number of anilines is 1. The summed E-state index contributed by atoms with van der Waals surface area (Å²) in [5.74, 6) is -0.0591. The maximum absolute atomic E-state index is 13.5. The molecule has 2 fully saturated rings. The van der Waals surface area contributed by atoms with Gasteiger partial charge >= 0.3 is 6.18 Å². The quantitative estimate of drug-likeness (QED) is 0.356. The van der Waals surface area contributed by atoms with Crippen LogP contribution < -0.4 is 14.4 Å². The molecule has 1 atom stereocenters. The van der Waals surface area contributed by atoms with Crippen molar-refractivity contribution in [1.29, 1.82) is 5.26 Å². The summed E-state index contributed by atoms with van der Waals surface area (Å²) >= 11 is 0. The normalized spacial score (nSPS) is 19.1. The number of halogens is 3. The summed E-state index contributed by atoms with van der Waals surface area (Å²) in [6.07, 6.45) is -1.12. The minimum Gasteiger partial charge on any atom is -0.476 e. The van der Waals surface area contributed by atoms with Gasteiger partial charge in [-0.2, -0.15) is 18.4 Å². The number of hydrogen-bond donors (Lipinski definition) is 1. The molecule has 1 aliphatic carbocycles. The summed E-state index contributed by atoms with van der Waals surface area (Å²) in [6, 6.07) is 11.4. The number of sulfonamides is 1. The van der Waals surface area contributed by atoms with Gasteiger partial charge in [-0.25, -0.2) is 22.8 Å². The summed E-state index contributed by atoms with van der Waals surface area (Å²) in [5, 5.41) is 13.2. The molecular weight excluding hydrogens is 585 g/mol. The Bertz CT molecular complexity index is 1680. The number of nitrogens with one attached hydrogen (secondary N) is 1. The van der Waals surface area contributed by atoms with E-state index in [0.717, 1.165) is 12.8 Å².